The smallest absolute Gasteiger partial charge is 0.231 e. The Morgan fingerprint density at radius 1 is 1.10 bits per heavy atom. The molecule has 2 aliphatic heterocycles. The van der Waals surface area contributed by atoms with Gasteiger partial charge in [-0.15, -0.1) is 0 Å². The summed E-state index contributed by atoms with van der Waals surface area (Å²) < 4.78 is 11.0. The van der Waals surface area contributed by atoms with E-state index in [0.29, 0.717) is 41.3 Å². The maximum atomic E-state index is 13.5. The van der Waals surface area contributed by atoms with E-state index < -0.39 is 5.92 Å². The predicted molar refractivity (Wildman–Crippen MR) is 116 cm³/mol. The van der Waals surface area contributed by atoms with Gasteiger partial charge < -0.3 is 15.2 Å². The number of fused-ring (bicyclic) bond motifs is 1. The Bertz CT molecular complexity index is 1190. The van der Waals surface area contributed by atoms with Gasteiger partial charge in [-0.25, -0.2) is 0 Å². The van der Waals surface area contributed by atoms with Gasteiger partial charge in [-0.2, -0.15) is 5.26 Å². The molecule has 0 amide bonds. The summed E-state index contributed by atoms with van der Waals surface area (Å²) in [7, 11) is 0. The standard InChI is InChI=1S/C25H23N3O3/c1-25(2)11-18-23(19(29)12-25)22(15-8-9-20-21(10-15)31-14-30-20)17(13-26)24(27)28(18)16-6-4-3-5-7-16/h3-10,22H,11-12,14,27H2,1-2H3/t22-/m1/s1. The molecule has 6 nitrogen and oxygen atoms in total. The summed E-state index contributed by atoms with van der Waals surface area (Å²) in [5, 5.41) is 10.1. The van der Waals surface area contributed by atoms with Gasteiger partial charge in [0.05, 0.1) is 17.6 Å². The van der Waals surface area contributed by atoms with Crippen molar-refractivity contribution in [2.24, 2.45) is 11.1 Å². The lowest BCUT2D eigenvalue weighted by Crippen LogP contribution is -2.42. The number of ether oxygens (including phenoxy) is 2. The topological polar surface area (TPSA) is 88.6 Å². The number of nitrogens with zero attached hydrogens (tertiary/aromatic N) is 2. The minimum Gasteiger partial charge on any atom is -0.454 e. The molecule has 2 aromatic rings. The van der Waals surface area contributed by atoms with Crippen LogP contribution in [-0.2, 0) is 4.79 Å². The fourth-order valence-electron chi connectivity index (χ4n) is 4.81. The van der Waals surface area contributed by atoms with Crippen LogP contribution in [0.2, 0.25) is 0 Å². The monoisotopic (exact) mass is 413 g/mol. The van der Waals surface area contributed by atoms with E-state index in [4.69, 9.17) is 15.2 Å². The molecule has 0 saturated heterocycles. The highest BCUT2D eigenvalue weighted by Crippen LogP contribution is 2.51. The molecule has 0 spiro atoms. The second-order valence-electron chi connectivity index (χ2n) is 8.93. The van der Waals surface area contributed by atoms with Crippen LogP contribution in [0.15, 0.2) is 71.2 Å². The Kier molecular flexibility index (Phi) is 4.30. The van der Waals surface area contributed by atoms with Gasteiger partial charge in [0.15, 0.2) is 17.3 Å². The third-order valence-corrected chi connectivity index (χ3v) is 6.13. The molecule has 3 aliphatic rings. The minimum atomic E-state index is -0.530. The highest BCUT2D eigenvalue weighted by atomic mass is 16.7. The quantitative estimate of drug-likeness (QED) is 0.787. The Morgan fingerprint density at radius 3 is 2.58 bits per heavy atom. The molecule has 6 heteroatoms. The number of benzene rings is 2. The van der Waals surface area contributed by atoms with E-state index >= 15 is 0 Å². The molecule has 5 rings (SSSR count). The van der Waals surface area contributed by atoms with E-state index in [-0.39, 0.29) is 18.0 Å². The van der Waals surface area contributed by atoms with Crippen LogP contribution >= 0.6 is 0 Å². The third kappa shape index (κ3) is 3.05. The van der Waals surface area contributed by atoms with Gasteiger partial charge in [-0.3, -0.25) is 9.69 Å². The van der Waals surface area contributed by atoms with Gasteiger partial charge in [0.2, 0.25) is 6.79 Å². The summed E-state index contributed by atoms with van der Waals surface area (Å²) in [5.74, 6) is 1.16. The molecule has 0 radical (unpaired) electrons. The number of nitrogens with two attached hydrogens (primary N) is 1. The number of rotatable bonds is 2. The Hall–Kier alpha value is -3.72. The minimum absolute atomic E-state index is 0.0510. The number of carbonyl (C=O) groups excluding carboxylic acids is 1. The van der Waals surface area contributed by atoms with Gasteiger partial charge in [-0.1, -0.05) is 38.1 Å². The van der Waals surface area contributed by atoms with E-state index in [9.17, 15) is 10.1 Å². The zero-order valence-electron chi connectivity index (χ0n) is 17.5. The van der Waals surface area contributed by atoms with Crippen molar-refractivity contribution < 1.29 is 14.3 Å². The van der Waals surface area contributed by atoms with Crippen molar-refractivity contribution in [3.8, 4) is 17.6 Å². The molecular formula is C25H23N3O3. The SMILES string of the molecule is CC1(C)CC(=O)C2=C(C1)N(c1ccccc1)C(N)=C(C#N)[C@H]2c1ccc2c(c1)OCO2. The first kappa shape index (κ1) is 19.3. The average molecular weight is 413 g/mol. The molecule has 1 atom stereocenters. The second-order valence-corrected chi connectivity index (χ2v) is 8.93. The van der Waals surface area contributed by atoms with Crippen LogP contribution in [0.3, 0.4) is 0 Å². The maximum absolute atomic E-state index is 13.5. The molecule has 0 aromatic heterocycles. The number of anilines is 1. The summed E-state index contributed by atoms with van der Waals surface area (Å²) in [5.41, 5.74) is 9.96. The Morgan fingerprint density at radius 2 is 1.84 bits per heavy atom. The molecule has 31 heavy (non-hydrogen) atoms. The first-order valence-corrected chi connectivity index (χ1v) is 10.3. The molecule has 1 aliphatic carbocycles. The highest BCUT2D eigenvalue weighted by molar-refractivity contribution is 6.01. The number of hydrogen-bond acceptors (Lipinski definition) is 6. The highest BCUT2D eigenvalue weighted by Gasteiger charge is 2.44. The van der Waals surface area contributed by atoms with E-state index in [1.165, 1.54) is 0 Å². The zero-order valence-corrected chi connectivity index (χ0v) is 17.5. The molecule has 156 valence electrons. The largest absolute Gasteiger partial charge is 0.454 e. The van der Waals surface area contributed by atoms with Crippen molar-refractivity contribution in [3.05, 3.63) is 76.8 Å². The van der Waals surface area contributed by atoms with Crippen molar-refractivity contribution >= 4 is 11.5 Å². The van der Waals surface area contributed by atoms with Crippen molar-refractivity contribution in [2.75, 3.05) is 11.7 Å². The summed E-state index contributed by atoms with van der Waals surface area (Å²) in [6, 6.07) is 17.5. The number of para-hydroxylation sites is 1. The molecule has 0 fully saturated rings. The number of carbonyl (C=O) groups is 1. The number of allylic oxidation sites excluding steroid dienone is 3. The molecule has 2 heterocycles. The molecule has 2 N–H and O–H groups in total. The summed E-state index contributed by atoms with van der Waals surface area (Å²) in [6.45, 7) is 4.34. The molecule has 0 unspecified atom stereocenters. The number of Topliss-reactive ketones (excluding diaryl/α,β-unsaturated/α-hetero) is 1. The summed E-state index contributed by atoms with van der Waals surface area (Å²) in [6.07, 6.45) is 1.11. The van der Waals surface area contributed by atoms with Crippen LogP contribution in [0.25, 0.3) is 0 Å². The van der Waals surface area contributed by atoms with E-state index in [2.05, 4.69) is 19.9 Å². The van der Waals surface area contributed by atoms with Crippen LogP contribution in [0, 0.1) is 16.7 Å². The predicted octanol–water partition coefficient (Wildman–Crippen LogP) is 4.36. The van der Waals surface area contributed by atoms with Crippen LogP contribution in [0.5, 0.6) is 11.5 Å². The van der Waals surface area contributed by atoms with Crippen LogP contribution in [0.1, 0.15) is 38.2 Å². The van der Waals surface area contributed by atoms with Gasteiger partial charge in [0.1, 0.15) is 5.82 Å². The number of nitriles is 1. The third-order valence-electron chi connectivity index (χ3n) is 6.13. The van der Waals surface area contributed by atoms with Crippen LogP contribution < -0.4 is 20.1 Å². The molecule has 2 aromatic carbocycles. The van der Waals surface area contributed by atoms with Gasteiger partial charge in [0, 0.05) is 23.4 Å². The van der Waals surface area contributed by atoms with Crippen LogP contribution in [0.4, 0.5) is 5.69 Å². The van der Waals surface area contributed by atoms with Crippen molar-refractivity contribution in [2.45, 2.75) is 32.6 Å². The van der Waals surface area contributed by atoms with Crippen molar-refractivity contribution in [1.29, 1.82) is 5.26 Å². The van der Waals surface area contributed by atoms with Gasteiger partial charge >= 0.3 is 0 Å². The van der Waals surface area contributed by atoms with E-state index in [0.717, 1.165) is 16.9 Å². The maximum Gasteiger partial charge on any atom is 0.231 e. The average Bonchev–Trinajstić information content (AvgIpc) is 3.20. The van der Waals surface area contributed by atoms with E-state index in [1.54, 1.807) is 0 Å². The van der Waals surface area contributed by atoms with E-state index in [1.807, 2.05) is 53.4 Å². The molecule has 0 saturated carbocycles. The first-order valence-electron chi connectivity index (χ1n) is 10.3. The van der Waals surface area contributed by atoms with Gasteiger partial charge in [-0.05, 0) is 41.7 Å². The normalized spacial score (nSPS) is 21.8. The lowest BCUT2D eigenvalue weighted by Gasteiger charge is -2.43. The van der Waals surface area contributed by atoms with Crippen LogP contribution in [-0.4, -0.2) is 12.6 Å². The Balaban J connectivity index is 1.75. The van der Waals surface area contributed by atoms with Gasteiger partial charge in [0.25, 0.3) is 0 Å². The molecule has 0 bridgehead atoms. The second kappa shape index (κ2) is 6.92. The zero-order chi connectivity index (χ0) is 21.8. The lowest BCUT2D eigenvalue weighted by atomic mass is 9.68. The summed E-state index contributed by atoms with van der Waals surface area (Å²) in [4.78, 5) is 15.4. The summed E-state index contributed by atoms with van der Waals surface area (Å²) >= 11 is 0. The fraction of sp³-hybridized carbons (Fsp3) is 0.280. The first-order chi connectivity index (χ1) is 14.9. The fourth-order valence-corrected chi connectivity index (χ4v) is 4.81. The molecular weight excluding hydrogens is 390 g/mol. The Labute approximate surface area is 181 Å². The van der Waals surface area contributed by atoms with Crippen molar-refractivity contribution in [3.63, 3.8) is 0 Å². The van der Waals surface area contributed by atoms with Crippen molar-refractivity contribution in [1.82, 2.24) is 0 Å². The number of hydrogen-bond donors (Lipinski definition) is 1. The number of ketones is 1. The lowest BCUT2D eigenvalue weighted by molar-refractivity contribution is -0.118.